The summed E-state index contributed by atoms with van der Waals surface area (Å²) in [7, 11) is -2.90. The van der Waals surface area contributed by atoms with Gasteiger partial charge in [0.15, 0.2) is 0 Å². The maximum atomic E-state index is 13.9. The van der Waals surface area contributed by atoms with Crippen molar-refractivity contribution in [3.8, 4) is 0 Å². The fourth-order valence-electron chi connectivity index (χ4n) is 1.77. The van der Waals surface area contributed by atoms with E-state index in [9.17, 15) is 26.0 Å². The number of hydrogen-bond acceptors (Lipinski definition) is 3. The van der Waals surface area contributed by atoms with Gasteiger partial charge in [-0.2, -0.15) is 17.5 Å². The van der Waals surface area contributed by atoms with Crippen molar-refractivity contribution in [2.24, 2.45) is 0 Å². The van der Waals surface area contributed by atoms with Gasteiger partial charge in [-0.1, -0.05) is 13.0 Å². The summed E-state index contributed by atoms with van der Waals surface area (Å²) >= 11 is 0. The number of nitrogens with zero attached hydrogens (tertiary/aromatic N) is 1. The van der Waals surface area contributed by atoms with Crippen LogP contribution in [0.1, 0.15) is 12.5 Å². The number of halogens is 4. The van der Waals surface area contributed by atoms with E-state index in [4.69, 9.17) is 0 Å². The lowest BCUT2D eigenvalue weighted by Gasteiger charge is -2.22. The molecule has 0 radical (unpaired) electrons. The van der Waals surface area contributed by atoms with Crippen LogP contribution in [0.15, 0.2) is 23.1 Å². The predicted molar refractivity (Wildman–Crippen MR) is 69.7 cm³/mol. The van der Waals surface area contributed by atoms with Crippen LogP contribution in [0.4, 0.5) is 17.6 Å². The molecule has 0 heterocycles. The normalized spacial score (nSPS) is 12.9. The summed E-state index contributed by atoms with van der Waals surface area (Å²) in [5.41, 5.74) is 0.493. The third-order valence-electron chi connectivity index (χ3n) is 2.70. The second-order valence-electron chi connectivity index (χ2n) is 4.34. The van der Waals surface area contributed by atoms with Gasteiger partial charge in [-0.05, 0) is 24.7 Å². The minimum absolute atomic E-state index is 0.198. The van der Waals surface area contributed by atoms with Crippen molar-refractivity contribution in [1.29, 1.82) is 0 Å². The third kappa shape index (κ3) is 4.65. The van der Waals surface area contributed by atoms with Gasteiger partial charge in [0.1, 0.15) is 17.3 Å². The zero-order valence-electron chi connectivity index (χ0n) is 11.5. The molecule has 0 unspecified atom stereocenters. The Kier molecular flexibility index (Phi) is 5.71. The number of alkyl halides is 3. The average Bonchev–Trinajstić information content (AvgIpc) is 2.35. The quantitative estimate of drug-likeness (QED) is 0.814. The molecule has 0 amide bonds. The molecule has 0 saturated carbocycles. The molecule has 0 spiro atoms. The molecule has 0 aliphatic rings. The molecule has 0 fully saturated rings. The topological polar surface area (TPSA) is 49.4 Å². The van der Waals surface area contributed by atoms with Gasteiger partial charge in [-0.15, -0.1) is 0 Å². The van der Waals surface area contributed by atoms with E-state index in [2.05, 4.69) is 5.32 Å². The van der Waals surface area contributed by atoms with E-state index in [0.29, 0.717) is 12.1 Å². The highest BCUT2D eigenvalue weighted by atomic mass is 32.2. The first-order valence-electron chi connectivity index (χ1n) is 6.11. The van der Waals surface area contributed by atoms with Crippen LogP contribution in [0, 0.1) is 5.82 Å². The Morgan fingerprint density at radius 2 is 1.90 bits per heavy atom. The molecule has 1 rings (SSSR count). The van der Waals surface area contributed by atoms with E-state index in [1.54, 1.807) is 7.05 Å². The molecular formula is C12H16F4N2O2S. The Hall–Kier alpha value is -1.19. The van der Waals surface area contributed by atoms with Crippen LogP contribution in [0.5, 0.6) is 0 Å². The SMILES string of the molecule is CCN(CC(F)(F)F)S(=O)(=O)c1ccc(CNC)cc1F. The Bertz CT molecular complexity index is 587. The Morgan fingerprint density at radius 3 is 2.33 bits per heavy atom. The monoisotopic (exact) mass is 328 g/mol. The van der Waals surface area contributed by atoms with Crippen LogP contribution in [-0.2, 0) is 16.6 Å². The first-order chi connectivity index (χ1) is 9.61. The Labute approximate surface area is 120 Å². The smallest absolute Gasteiger partial charge is 0.316 e. The molecule has 0 aromatic heterocycles. The van der Waals surface area contributed by atoms with Gasteiger partial charge in [0.2, 0.25) is 10.0 Å². The van der Waals surface area contributed by atoms with Crippen molar-refractivity contribution in [2.75, 3.05) is 20.1 Å². The Balaban J connectivity index is 3.17. The summed E-state index contributed by atoms with van der Waals surface area (Å²) < 4.78 is 75.5. The van der Waals surface area contributed by atoms with Crippen LogP contribution in [0.3, 0.4) is 0 Å². The molecule has 0 saturated heterocycles. The number of hydrogen-bond donors (Lipinski definition) is 1. The predicted octanol–water partition coefficient (Wildman–Crippen LogP) is 2.12. The molecule has 0 aliphatic heterocycles. The molecule has 1 aromatic rings. The molecule has 0 aliphatic carbocycles. The molecule has 120 valence electrons. The van der Waals surface area contributed by atoms with E-state index in [-0.39, 0.29) is 4.31 Å². The average molecular weight is 328 g/mol. The molecule has 4 nitrogen and oxygen atoms in total. The van der Waals surface area contributed by atoms with Crippen molar-refractivity contribution in [1.82, 2.24) is 9.62 Å². The standard InChI is InChI=1S/C12H16F4N2O2S/c1-3-18(8-12(14,15)16)21(19,20)11-5-4-9(7-17-2)6-10(11)13/h4-6,17H,3,7-8H2,1-2H3. The van der Waals surface area contributed by atoms with E-state index in [1.165, 1.54) is 13.0 Å². The Morgan fingerprint density at radius 1 is 1.29 bits per heavy atom. The van der Waals surface area contributed by atoms with Crippen molar-refractivity contribution in [2.45, 2.75) is 24.5 Å². The molecule has 1 N–H and O–H groups in total. The molecule has 21 heavy (non-hydrogen) atoms. The second kappa shape index (κ2) is 6.71. The maximum Gasteiger partial charge on any atom is 0.402 e. The van der Waals surface area contributed by atoms with E-state index < -0.39 is 40.0 Å². The fourth-order valence-corrected chi connectivity index (χ4v) is 3.25. The van der Waals surface area contributed by atoms with E-state index in [1.807, 2.05) is 0 Å². The summed E-state index contributed by atoms with van der Waals surface area (Å²) in [6, 6.07) is 3.33. The molecular weight excluding hydrogens is 312 g/mol. The fraction of sp³-hybridized carbons (Fsp3) is 0.500. The summed E-state index contributed by atoms with van der Waals surface area (Å²) in [4.78, 5) is -0.756. The van der Waals surface area contributed by atoms with Gasteiger partial charge in [0.05, 0.1) is 0 Å². The first-order valence-corrected chi connectivity index (χ1v) is 7.55. The van der Waals surface area contributed by atoms with Gasteiger partial charge in [0.25, 0.3) is 0 Å². The zero-order chi connectivity index (χ0) is 16.3. The van der Waals surface area contributed by atoms with Crippen molar-refractivity contribution in [3.63, 3.8) is 0 Å². The van der Waals surface area contributed by atoms with Crippen molar-refractivity contribution >= 4 is 10.0 Å². The first kappa shape index (κ1) is 17.9. The van der Waals surface area contributed by atoms with Crippen LogP contribution in [0.25, 0.3) is 0 Å². The van der Waals surface area contributed by atoms with E-state index >= 15 is 0 Å². The number of nitrogens with one attached hydrogen (secondary N) is 1. The van der Waals surface area contributed by atoms with Crippen molar-refractivity contribution < 1.29 is 26.0 Å². The van der Waals surface area contributed by atoms with Gasteiger partial charge >= 0.3 is 6.18 Å². The van der Waals surface area contributed by atoms with Crippen LogP contribution in [-0.4, -0.2) is 39.0 Å². The van der Waals surface area contributed by atoms with Crippen molar-refractivity contribution in [3.05, 3.63) is 29.6 Å². The minimum atomic E-state index is -4.69. The summed E-state index contributed by atoms with van der Waals surface area (Å²) in [6.07, 6.45) is -4.69. The number of rotatable bonds is 6. The zero-order valence-corrected chi connectivity index (χ0v) is 12.4. The maximum absolute atomic E-state index is 13.9. The van der Waals surface area contributed by atoms with Crippen LogP contribution in [0.2, 0.25) is 0 Å². The molecule has 0 bridgehead atoms. The molecule has 9 heteroatoms. The highest BCUT2D eigenvalue weighted by molar-refractivity contribution is 7.89. The summed E-state index contributed by atoms with van der Waals surface area (Å²) in [5.74, 6) is -1.07. The minimum Gasteiger partial charge on any atom is -0.316 e. The lowest BCUT2D eigenvalue weighted by molar-refractivity contribution is -0.135. The van der Waals surface area contributed by atoms with Gasteiger partial charge in [-0.3, -0.25) is 0 Å². The van der Waals surface area contributed by atoms with Gasteiger partial charge < -0.3 is 5.32 Å². The second-order valence-corrected chi connectivity index (χ2v) is 6.25. The summed E-state index contributed by atoms with van der Waals surface area (Å²) in [5, 5.41) is 2.76. The molecule has 1 aromatic carbocycles. The van der Waals surface area contributed by atoms with Crippen LogP contribution < -0.4 is 5.32 Å². The van der Waals surface area contributed by atoms with Crippen LogP contribution >= 0.6 is 0 Å². The van der Waals surface area contributed by atoms with Gasteiger partial charge in [-0.25, -0.2) is 12.8 Å². The largest absolute Gasteiger partial charge is 0.402 e. The number of sulfonamides is 1. The highest BCUT2D eigenvalue weighted by Crippen LogP contribution is 2.24. The van der Waals surface area contributed by atoms with Gasteiger partial charge in [0, 0.05) is 13.1 Å². The number of benzene rings is 1. The third-order valence-corrected chi connectivity index (χ3v) is 4.66. The summed E-state index contributed by atoms with van der Waals surface area (Å²) in [6.45, 7) is -0.475. The highest BCUT2D eigenvalue weighted by Gasteiger charge is 2.37. The lowest BCUT2D eigenvalue weighted by Crippen LogP contribution is -2.39. The lowest BCUT2D eigenvalue weighted by atomic mass is 10.2. The molecule has 0 atom stereocenters. The van der Waals surface area contributed by atoms with E-state index in [0.717, 1.165) is 12.1 Å².